The zero-order chi connectivity index (χ0) is 11.5. The van der Waals surface area contributed by atoms with E-state index in [-0.39, 0.29) is 5.56 Å². The van der Waals surface area contributed by atoms with E-state index in [1.165, 1.54) is 10.6 Å². The van der Waals surface area contributed by atoms with Gasteiger partial charge >= 0.3 is 0 Å². The van der Waals surface area contributed by atoms with Crippen LogP contribution in [-0.4, -0.2) is 10.9 Å². The Labute approximate surface area is 96.9 Å². The van der Waals surface area contributed by atoms with Crippen LogP contribution in [0.4, 0.5) is 0 Å². The highest BCUT2D eigenvalue weighted by Crippen LogP contribution is 2.13. The summed E-state index contributed by atoms with van der Waals surface area (Å²) in [6, 6.07) is 9.81. The van der Waals surface area contributed by atoms with E-state index in [1.807, 2.05) is 0 Å². The summed E-state index contributed by atoms with van der Waals surface area (Å²) >= 11 is 5.83. The number of rotatable bonds is 2. The number of carbonyl (C=O) groups excluding carboxylic acids is 1. The molecule has 3 nitrogen and oxygen atoms in total. The molecule has 0 unspecified atom stereocenters. The third kappa shape index (κ3) is 2.04. The SMILES string of the molecule is O=Cc1ccn(-c2cccc(Cl)c2)c(=O)c1. The van der Waals surface area contributed by atoms with Crippen LogP contribution in [0.5, 0.6) is 0 Å². The van der Waals surface area contributed by atoms with Crippen LogP contribution >= 0.6 is 11.6 Å². The van der Waals surface area contributed by atoms with Crippen LogP contribution in [0.3, 0.4) is 0 Å². The fraction of sp³-hybridized carbons (Fsp3) is 0. The lowest BCUT2D eigenvalue weighted by Gasteiger charge is -2.05. The molecule has 1 aromatic heterocycles. The Kier molecular flexibility index (Phi) is 2.88. The molecule has 0 aliphatic heterocycles. The van der Waals surface area contributed by atoms with Gasteiger partial charge in [-0.2, -0.15) is 0 Å². The van der Waals surface area contributed by atoms with E-state index >= 15 is 0 Å². The highest BCUT2D eigenvalue weighted by Gasteiger charge is 2.00. The maximum Gasteiger partial charge on any atom is 0.255 e. The molecule has 0 aliphatic rings. The van der Waals surface area contributed by atoms with Gasteiger partial charge in [-0.05, 0) is 24.3 Å². The van der Waals surface area contributed by atoms with Crippen LogP contribution < -0.4 is 5.56 Å². The Morgan fingerprint density at radius 2 is 2.00 bits per heavy atom. The summed E-state index contributed by atoms with van der Waals surface area (Å²) in [5.74, 6) is 0. The van der Waals surface area contributed by atoms with E-state index in [1.54, 1.807) is 36.5 Å². The number of carbonyl (C=O) groups is 1. The van der Waals surface area contributed by atoms with E-state index in [2.05, 4.69) is 0 Å². The van der Waals surface area contributed by atoms with Crippen LogP contribution in [0.2, 0.25) is 5.02 Å². The highest BCUT2D eigenvalue weighted by atomic mass is 35.5. The second kappa shape index (κ2) is 4.33. The van der Waals surface area contributed by atoms with Crippen LogP contribution in [0, 0.1) is 0 Å². The molecular weight excluding hydrogens is 226 g/mol. The summed E-state index contributed by atoms with van der Waals surface area (Å²) in [5, 5.41) is 0.559. The second-order valence-corrected chi connectivity index (χ2v) is 3.70. The van der Waals surface area contributed by atoms with Gasteiger partial charge < -0.3 is 0 Å². The van der Waals surface area contributed by atoms with Crippen LogP contribution in [0.15, 0.2) is 47.4 Å². The molecule has 0 fully saturated rings. The number of hydrogen-bond acceptors (Lipinski definition) is 2. The summed E-state index contributed by atoms with van der Waals surface area (Å²) in [6.45, 7) is 0. The predicted molar refractivity (Wildman–Crippen MR) is 62.4 cm³/mol. The molecule has 2 aromatic rings. The Morgan fingerprint density at radius 1 is 1.19 bits per heavy atom. The standard InChI is InChI=1S/C12H8ClNO2/c13-10-2-1-3-11(7-10)14-5-4-9(8-15)6-12(14)16/h1-8H. The quantitative estimate of drug-likeness (QED) is 0.747. The lowest BCUT2D eigenvalue weighted by molar-refractivity contribution is 0.112. The first-order chi connectivity index (χ1) is 7.70. The summed E-state index contributed by atoms with van der Waals surface area (Å²) < 4.78 is 1.43. The molecule has 0 radical (unpaired) electrons. The van der Waals surface area contributed by atoms with Gasteiger partial charge in [0.15, 0.2) is 0 Å². The van der Waals surface area contributed by atoms with Crippen molar-refractivity contribution in [2.45, 2.75) is 0 Å². The van der Waals surface area contributed by atoms with Gasteiger partial charge in [-0.1, -0.05) is 17.7 Å². The van der Waals surface area contributed by atoms with Crippen molar-refractivity contribution >= 4 is 17.9 Å². The van der Waals surface area contributed by atoms with E-state index in [0.717, 1.165) is 0 Å². The smallest absolute Gasteiger partial charge is 0.255 e. The molecule has 1 heterocycles. The fourth-order valence-corrected chi connectivity index (χ4v) is 1.59. The minimum atomic E-state index is -0.258. The number of halogens is 1. The van der Waals surface area contributed by atoms with Crippen molar-refractivity contribution in [1.82, 2.24) is 4.57 Å². The molecule has 0 aliphatic carbocycles. The van der Waals surface area contributed by atoms with Gasteiger partial charge in [-0.25, -0.2) is 0 Å². The molecule has 80 valence electrons. The lowest BCUT2D eigenvalue weighted by Crippen LogP contribution is -2.17. The van der Waals surface area contributed by atoms with Gasteiger partial charge in [0.2, 0.25) is 0 Å². The first-order valence-corrected chi connectivity index (χ1v) is 5.02. The Balaban J connectivity index is 2.57. The molecule has 2 rings (SSSR count). The fourth-order valence-electron chi connectivity index (χ4n) is 1.41. The van der Waals surface area contributed by atoms with E-state index in [9.17, 15) is 9.59 Å². The third-order valence-electron chi connectivity index (χ3n) is 2.17. The summed E-state index contributed by atoms with van der Waals surface area (Å²) in [4.78, 5) is 22.2. The average molecular weight is 234 g/mol. The molecule has 0 atom stereocenters. The van der Waals surface area contributed by atoms with Crippen molar-refractivity contribution in [3.63, 3.8) is 0 Å². The molecule has 0 bridgehead atoms. The van der Waals surface area contributed by atoms with Gasteiger partial charge in [-0.15, -0.1) is 0 Å². The topological polar surface area (TPSA) is 39.1 Å². The van der Waals surface area contributed by atoms with Crippen LogP contribution in [-0.2, 0) is 0 Å². The maximum atomic E-state index is 11.7. The largest absolute Gasteiger partial charge is 0.298 e. The van der Waals surface area contributed by atoms with Gasteiger partial charge in [0.1, 0.15) is 6.29 Å². The number of aromatic nitrogens is 1. The number of pyridine rings is 1. The minimum absolute atomic E-state index is 0.258. The van der Waals surface area contributed by atoms with Crippen molar-refractivity contribution in [2.75, 3.05) is 0 Å². The third-order valence-corrected chi connectivity index (χ3v) is 2.40. The zero-order valence-corrected chi connectivity index (χ0v) is 9.02. The Hall–Kier alpha value is -1.87. The molecule has 0 spiro atoms. The van der Waals surface area contributed by atoms with Gasteiger partial charge in [0.05, 0.1) is 5.69 Å². The van der Waals surface area contributed by atoms with E-state index in [4.69, 9.17) is 11.6 Å². The van der Waals surface area contributed by atoms with Crippen LogP contribution in [0.1, 0.15) is 10.4 Å². The van der Waals surface area contributed by atoms with E-state index < -0.39 is 0 Å². The van der Waals surface area contributed by atoms with Crippen molar-refractivity contribution < 1.29 is 4.79 Å². The first-order valence-electron chi connectivity index (χ1n) is 4.64. The van der Waals surface area contributed by atoms with Crippen molar-refractivity contribution in [3.8, 4) is 5.69 Å². The second-order valence-electron chi connectivity index (χ2n) is 3.27. The van der Waals surface area contributed by atoms with Crippen molar-refractivity contribution in [3.05, 3.63) is 63.5 Å². The molecule has 0 saturated carbocycles. The van der Waals surface area contributed by atoms with Crippen molar-refractivity contribution in [2.24, 2.45) is 0 Å². The Bertz CT molecular complexity index is 590. The number of benzene rings is 1. The van der Waals surface area contributed by atoms with E-state index in [0.29, 0.717) is 22.6 Å². The molecular formula is C12H8ClNO2. The molecule has 0 N–H and O–H groups in total. The average Bonchev–Trinajstić information content (AvgIpc) is 2.28. The first kappa shape index (κ1) is 10.6. The Morgan fingerprint density at radius 3 is 2.62 bits per heavy atom. The maximum absolute atomic E-state index is 11.7. The summed E-state index contributed by atoms with van der Waals surface area (Å²) in [7, 11) is 0. The summed E-state index contributed by atoms with van der Waals surface area (Å²) in [6.07, 6.45) is 2.20. The monoisotopic (exact) mass is 233 g/mol. The summed E-state index contributed by atoms with van der Waals surface area (Å²) in [5.41, 5.74) is 0.782. The number of nitrogens with zero attached hydrogens (tertiary/aromatic N) is 1. The van der Waals surface area contributed by atoms with Gasteiger partial charge in [0, 0.05) is 22.8 Å². The molecule has 0 amide bonds. The molecule has 4 heteroatoms. The van der Waals surface area contributed by atoms with Gasteiger partial charge in [0.25, 0.3) is 5.56 Å². The zero-order valence-electron chi connectivity index (χ0n) is 8.26. The normalized spacial score (nSPS) is 10.1. The number of hydrogen-bond donors (Lipinski definition) is 0. The highest BCUT2D eigenvalue weighted by molar-refractivity contribution is 6.30. The minimum Gasteiger partial charge on any atom is -0.298 e. The van der Waals surface area contributed by atoms with Crippen molar-refractivity contribution in [1.29, 1.82) is 0 Å². The van der Waals surface area contributed by atoms with Gasteiger partial charge in [-0.3, -0.25) is 14.2 Å². The number of aldehydes is 1. The van der Waals surface area contributed by atoms with Crippen LogP contribution in [0.25, 0.3) is 5.69 Å². The molecule has 16 heavy (non-hydrogen) atoms. The lowest BCUT2D eigenvalue weighted by atomic mass is 10.2. The molecule has 1 aromatic carbocycles. The molecule has 0 saturated heterocycles. The predicted octanol–water partition coefficient (Wildman–Crippen LogP) is 2.30.